The van der Waals surface area contributed by atoms with Crippen LogP contribution < -0.4 is 14.8 Å². The van der Waals surface area contributed by atoms with E-state index in [1.807, 2.05) is 29.2 Å². The summed E-state index contributed by atoms with van der Waals surface area (Å²) in [5, 5.41) is 3.42. The Morgan fingerprint density at radius 2 is 1.98 bits per heavy atom. The number of thioether (sulfide) groups is 1. The summed E-state index contributed by atoms with van der Waals surface area (Å²) in [5.74, 6) is 4.25. The predicted octanol–water partition coefficient (Wildman–Crippen LogP) is 5.61. The van der Waals surface area contributed by atoms with Crippen molar-refractivity contribution in [3.05, 3.63) is 40.5 Å². The average molecular weight is 604 g/mol. The van der Waals surface area contributed by atoms with E-state index in [0.29, 0.717) is 20.9 Å². The predicted molar refractivity (Wildman–Crippen MR) is 166 cm³/mol. The molecule has 6 rings (SSSR count). The van der Waals surface area contributed by atoms with Crippen LogP contribution in [0.3, 0.4) is 0 Å². The van der Waals surface area contributed by atoms with Crippen molar-refractivity contribution in [1.29, 1.82) is 0 Å². The van der Waals surface area contributed by atoms with Crippen molar-refractivity contribution in [2.24, 2.45) is 11.8 Å². The Balaban J connectivity index is 0.00000323. The lowest BCUT2D eigenvalue weighted by molar-refractivity contribution is -0.124. The van der Waals surface area contributed by atoms with Gasteiger partial charge in [0.1, 0.15) is 27.3 Å². The number of hydrogen-bond acceptors (Lipinski definition) is 8. The van der Waals surface area contributed by atoms with Gasteiger partial charge in [-0.15, -0.1) is 12.4 Å². The molecule has 7 nitrogen and oxygen atoms in total. The SMILES string of the molecule is COc1ccc(-c2cc(CCCN3CCNCC3)c(/C=C3\SC(=S)N(C4CC5CCC4C5)C3=O)o2)c(OC)c1.Cl. The highest BCUT2D eigenvalue weighted by atomic mass is 35.5. The van der Waals surface area contributed by atoms with E-state index in [2.05, 4.69) is 16.3 Å². The fourth-order valence-electron chi connectivity index (χ4n) is 6.74. The first-order valence-corrected chi connectivity index (χ1v) is 15.3. The Hall–Kier alpha value is -2.04. The number of carbonyl (C=O) groups excluding carboxylic acids is 1. The number of ether oxygens (including phenoxy) is 2. The molecule has 4 aliphatic rings. The molecule has 1 N–H and O–H groups in total. The lowest BCUT2D eigenvalue weighted by atomic mass is 9.94. The molecule has 216 valence electrons. The first-order valence-electron chi connectivity index (χ1n) is 14.1. The number of halogens is 1. The molecule has 2 saturated carbocycles. The second-order valence-electron chi connectivity index (χ2n) is 11.1. The molecule has 2 saturated heterocycles. The number of benzene rings is 1. The van der Waals surface area contributed by atoms with E-state index < -0.39 is 0 Å². The third-order valence-corrected chi connectivity index (χ3v) is 10.1. The number of rotatable bonds is 9. The fraction of sp³-hybridized carbons (Fsp3) is 0.533. The number of aryl methyl sites for hydroxylation is 1. The van der Waals surface area contributed by atoms with E-state index in [0.717, 1.165) is 86.3 Å². The number of furan rings is 1. The molecule has 10 heteroatoms. The molecule has 3 heterocycles. The summed E-state index contributed by atoms with van der Waals surface area (Å²) in [6.07, 6.45) is 8.65. The minimum atomic E-state index is 0. The largest absolute Gasteiger partial charge is 0.497 e. The van der Waals surface area contributed by atoms with Gasteiger partial charge in [-0.05, 0) is 74.2 Å². The van der Waals surface area contributed by atoms with Crippen molar-refractivity contribution in [3.8, 4) is 22.8 Å². The summed E-state index contributed by atoms with van der Waals surface area (Å²) in [4.78, 5) is 18.7. The molecule has 2 aliphatic heterocycles. The Labute approximate surface area is 252 Å². The van der Waals surface area contributed by atoms with Gasteiger partial charge in [-0.25, -0.2) is 0 Å². The normalized spacial score (nSPS) is 25.6. The lowest BCUT2D eigenvalue weighted by Gasteiger charge is -2.30. The van der Waals surface area contributed by atoms with Crippen molar-refractivity contribution in [2.75, 3.05) is 46.9 Å². The van der Waals surface area contributed by atoms with Gasteiger partial charge in [-0.3, -0.25) is 9.69 Å². The number of thiocarbonyl (C=S) groups is 1. The number of nitrogens with one attached hydrogen (secondary N) is 1. The summed E-state index contributed by atoms with van der Waals surface area (Å²) in [6, 6.07) is 8.09. The van der Waals surface area contributed by atoms with Crippen LogP contribution in [0, 0.1) is 11.8 Å². The van der Waals surface area contributed by atoms with Crippen LogP contribution in [0.25, 0.3) is 17.4 Å². The highest BCUT2D eigenvalue weighted by molar-refractivity contribution is 8.26. The van der Waals surface area contributed by atoms with Crippen molar-refractivity contribution in [1.82, 2.24) is 15.1 Å². The summed E-state index contributed by atoms with van der Waals surface area (Å²) < 4.78 is 18.2. The van der Waals surface area contributed by atoms with Crippen LogP contribution in [0.2, 0.25) is 0 Å². The minimum Gasteiger partial charge on any atom is -0.497 e. The number of amides is 1. The maximum Gasteiger partial charge on any atom is 0.266 e. The third-order valence-electron chi connectivity index (χ3n) is 8.76. The molecule has 0 spiro atoms. The minimum absolute atomic E-state index is 0. The number of fused-ring (bicyclic) bond motifs is 2. The highest BCUT2D eigenvalue weighted by Gasteiger charge is 2.48. The molecular weight excluding hydrogens is 566 g/mol. The van der Waals surface area contributed by atoms with Crippen molar-refractivity contribution in [3.63, 3.8) is 0 Å². The molecule has 2 bridgehead atoms. The van der Waals surface area contributed by atoms with Crippen LogP contribution >= 0.6 is 36.4 Å². The molecular formula is C30H38ClN3O4S2. The Morgan fingerprint density at radius 1 is 1.15 bits per heavy atom. The standard InChI is InChI=1S/C30H37N3O4S2.ClH/c1-35-22-7-8-23(26(17-22)36-2)27-16-21(4-3-11-32-12-9-31-10-13-32)25(37-27)18-28-29(34)33(30(38)39-28)24-15-19-5-6-20(24)14-19;/h7-8,16-20,24,31H,3-6,9-15H2,1-2H3;1H/b28-18-;. The number of methoxy groups -OCH3 is 2. The molecule has 1 amide bonds. The zero-order valence-electron chi connectivity index (χ0n) is 23.1. The lowest BCUT2D eigenvalue weighted by Crippen LogP contribution is -2.43. The van der Waals surface area contributed by atoms with Crippen molar-refractivity contribution in [2.45, 2.75) is 44.6 Å². The van der Waals surface area contributed by atoms with Gasteiger partial charge in [-0.1, -0.05) is 30.4 Å². The Kier molecular flexibility index (Phi) is 9.47. The smallest absolute Gasteiger partial charge is 0.266 e. The van der Waals surface area contributed by atoms with Gasteiger partial charge >= 0.3 is 0 Å². The average Bonchev–Trinajstić information content (AvgIpc) is 3.74. The third kappa shape index (κ3) is 5.95. The van der Waals surface area contributed by atoms with Crippen LogP contribution in [0.15, 0.2) is 33.6 Å². The van der Waals surface area contributed by atoms with Crippen LogP contribution in [0.5, 0.6) is 11.5 Å². The number of nitrogens with zero attached hydrogens (tertiary/aromatic N) is 2. The van der Waals surface area contributed by atoms with Gasteiger partial charge < -0.3 is 24.1 Å². The van der Waals surface area contributed by atoms with Gasteiger partial charge in [0.25, 0.3) is 5.91 Å². The maximum absolute atomic E-state index is 13.6. The summed E-state index contributed by atoms with van der Waals surface area (Å²) in [5.41, 5.74) is 1.96. The first kappa shape index (κ1) is 29.5. The number of carbonyl (C=O) groups is 1. The van der Waals surface area contributed by atoms with Crippen LogP contribution in [0.4, 0.5) is 0 Å². The second kappa shape index (κ2) is 12.9. The molecule has 1 aromatic heterocycles. The van der Waals surface area contributed by atoms with Crippen LogP contribution in [-0.4, -0.2) is 73.0 Å². The van der Waals surface area contributed by atoms with Gasteiger partial charge in [0.05, 0.1) is 24.7 Å². The molecule has 4 fully saturated rings. The summed E-state index contributed by atoms with van der Waals surface area (Å²) in [7, 11) is 3.29. The van der Waals surface area contributed by atoms with Gasteiger partial charge in [0, 0.05) is 44.4 Å². The first-order chi connectivity index (χ1) is 19.0. The van der Waals surface area contributed by atoms with Gasteiger partial charge in [0.15, 0.2) is 0 Å². The van der Waals surface area contributed by atoms with E-state index in [4.69, 9.17) is 26.1 Å². The van der Waals surface area contributed by atoms with Crippen LogP contribution in [-0.2, 0) is 11.2 Å². The van der Waals surface area contributed by atoms with Crippen molar-refractivity contribution < 1.29 is 18.7 Å². The molecule has 0 radical (unpaired) electrons. The number of hydrogen-bond donors (Lipinski definition) is 1. The fourth-order valence-corrected chi connectivity index (χ4v) is 8.08. The monoisotopic (exact) mass is 603 g/mol. The van der Waals surface area contributed by atoms with Crippen LogP contribution in [0.1, 0.15) is 43.4 Å². The number of piperazine rings is 1. The van der Waals surface area contributed by atoms with Crippen molar-refractivity contribution >= 4 is 52.7 Å². The highest BCUT2D eigenvalue weighted by Crippen LogP contribution is 2.49. The maximum atomic E-state index is 13.6. The Bertz CT molecular complexity index is 1280. The second-order valence-corrected chi connectivity index (χ2v) is 12.7. The van der Waals surface area contributed by atoms with Gasteiger partial charge in [0.2, 0.25) is 0 Å². The molecule has 3 atom stereocenters. The van der Waals surface area contributed by atoms with E-state index >= 15 is 0 Å². The summed E-state index contributed by atoms with van der Waals surface area (Å²) in [6.45, 7) is 5.29. The zero-order chi connectivity index (χ0) is 26.9. The van der Waals surface area contributed by atoms with E-state index in [-0.39, 0.29) is 24.4 Å². The molecule has 3 unspecified atom stereocenters. The van der Waals surface area contributed by atoms with Gasteiger partial charge in [-0.2, -0.15) is 0 Å². The van der Waals surface area contributed by atoms with E-state index in [1.54, 1.807) is 14.2 Å². The molecule has 2 aromatic rings. The molecule has 40 heavy (non-hydrogen) atoms. The zero-order valence-corrected chi connectivity index (χ0v) is 25.6. The molecule has 1 aromatic carbocycles. The topological polar surface area (TPSA) is 67.2 Å². The molecule has 2 aliphatic carbocycles. The van der Waals surface area contributed by atoms with E-state index in [9.17, 15) is 4.79 Å². The summed E-state index contributed by atoms with van der Waals surface area (Å²) >= 11 is 7.15. The Morgan fingerprint density at radius 3 is 2.67 bits per heavy atom. The van der Waals surface area contributed by atoms with E-state index in [1.165, 1.54) is 31.0 Å². The quantitative estimate of drug-likeness (QED) is 0.293.